The van der Waals surface area contributed by atoms with Crippen molar-refractivity contribution in [3.05, 3.63) is 77.9 Å². The molecule has 1 aromatic carbocycles. The van der Waals surface area contributed by atoms with Gasteiger partial charge < -0.3 is 9.88 Å². The molecule has 1 aliphatic carbocycles. The van der Waals surface area contributed by atoms with E-state index < -0.39 is 0 Å². The molecule has 1 aliphatic rings. The monoisotopic (exact) mass is 425 g/mol. The Morgan fingerprint density at radius 2 is 2.07 bits per heavy atom. The summed E-state index contributed by atoms with van der Waals surface area (Å²) in [5.41, 5.74) is 1.82. The highest BCUT2D eigenvalue weighted by Gasteiger charge is 2.43. The first-order chi connectivity index (χ1) is 14.2. The van der Waals surface area contributed by atoms with Crippen molar-refractivity contribution in [2.45, 2.75) is 30.0 Å². The molecule has 8 heteroatoms. The van der Waals surface area contributed by atoms with Gasteiger partial charge in [0, 0.05) is 18.7 Å². The molecule has 1 amide bonds. The van der Waals surface area contributed by atoms with E-state index in [-0.39, 0.29) is 16.8 Å². The lowest BCUT2D eigenvalue weighted by molar-refractivity contribution is -0.113. The van der Waals surface area contributed by atoms with Gasteiger partial charge in [0.05, 0.1) is 11.4 Å². The molecule has 4 rings (SSSR count). The van der Waals surface area contributed by atoms with Gasteiger partial charge in [-0.15, -0.1) is 16.8 Å². The predicted octanol–water partition coefficient (Wildman–Crippen LogP) is 4.51. The van der Waals surface area contributed by atoms with E-state index in [0.29, 0.717) is 29.2 Å². The Kier molecular flexibility index (Phi) is 5.97. The number of carbonyl (C=O) groups is 1. The molecular weight excluding hydrogens is 406 g/mol. The molecule has 2 heterocycles. The highest BCUT2D eigenvalue weighted by molar-refractivity contribution is 7.99. The number of aromatic nitrogens is 4. The van der Waals surface area contributed by atoms with Gasteiger partial charge in [-0.2, -0.15) is 0 Å². The highest BCUT2D eigenvalue weighted by atomic mass is 35.5. The van der Waals surface area contributed by atoms with Crippen LogP contribution in [-0.2, 0) is 11.3 Å². The molecule has 0 bridgehead atoms. The summed E-state index contributed by atoms with van der Waals surface area (Å²) in [6.45, 7) is 4.46. The minimum atomic E-state index is -0.173. The van der Waals surface area contributed by atoms with Crippen molar-refractivity contribution in [2.75, 3.05) is 11.1 Å². The number of halogens is 1. The molecule has 1 N–H and O–H groups in total. The third kappa shape index (κ3) is 4.52. The van der Waals surface area contributed by atoms with Gasteiger partial charge >= 0.3 is 0 Å². The Balaban J connectivity index is 1.43. The Morgan fingerprint density at radius 3 is 2.83 bits per heavy atom. The fourth-order valence-electron chi connectivity index (χ4n) is 3.33. The Morgan fingerprint density at radius 1 is 1.24 bits per heavy atom. The summed E-state index contributed by atoms with van der Waals surface area (Å²) in [5, 5.41) is 12.5. The molecule has 1 saturated carbocycles. The maximum Gasteiger partial charge on any atom is 0.234 e. The molecule has 0 aliphatic heterocycles. The van der Waals surface area contributed by atoms with Crippen LogP contribution in [0.25, 0.3) is 0 Å². The van der Waals surface area contributed by atoms with Crippen LogP contribution < -0.4 is 5.32 Å². The zero-order valence-electron chi connectivity index (χ0n) is 15.7. The number of nitrogens with one attached hydrogen (secondary N) is 1. The zero-order valence-corrected chi connectivity index (χ0v) is 17.2. The summed E-state index contributed by atoms with van der Waals surface area (Å²) in [4.78, 5) is 16.3. The molecule has 1 fully saturated rings. The van der Waals surface area contributed by atoms with Crippen molar-refractivity contribution in [3.8, 4) is 0 Å². The standard InChI is InChI=1S/C21H20ClN5OS/c1-2-11-27-20(16-12-15(16)14-7-4-3-5-8-14)25-26-21(27)29-13-18(28)24-17-9-6-10-23-19(17)22/h2-10,15-16H,1,11-13H2,(H,24,28). The molecule has 2 unspecified atom stereocenters. The number of hydrogen-bond acceptors (Lipinski definition) is 5. The third-order valence-corrected chi connectivity index (χ3v) is 6.04. The lowest BCUT2D eigenvalue weighted by atomic mass is 10.1. The number of pyridine rings is 1. The molecule has 148 valence electrons. The number of benzene rings is 1. The van der Waals surface area contributed by atoms with Gasteiger partial charge in [-0.25, -0.2) is 4.98 Å². The largest absolute Gasteiger partial charge is 0.323 e. The van der Waals surface area contributed by atoms with Gasteiger partial charge in [0.2, 0.25) is 5.91 Å². The van der Waals surface area contributed by atoms with Crippen LogP contribution >= 0.6 is 23.4 Å². The van der Waals surface area contributed by atoms with Crippen LogP contribution in [0.4, 0.5) is 5.69 Å². The summed E-state index contributed by atoms with van der Waals surface area (Å²) in [5.74, 6) is 1.80. The van der Waals surface area contributed by atoms with E-state index in [1.165, 1.54) is 17.3 Å². The number of allylic oxidation sites excluding steroid dienone is 1. The van der Waals surface area contributed by atoms with Crippen LogP contribution in [0.3, 0.4) is 0 Å². The summed E-state index contributed by atoms with van der Waals surface area (Å²) < 4.78 is 2.05. The molecule has 0 spiro atoms. The first kappa shape index (κ1) is 19.7. The molecule has 0 saturated heterocycles. The van der Waals surface area contributed by atoms with E-state index in [1.807, 2.05) is 12.1 Å². The van der Waals surface area contributed by atoms with Crippen LogP contribution in [-0.4, -0.2) is 31.4 Å². The van der Waals surface area contributed by atoms with E-state index in [0.717, 1.165) is 12.2 Å². The molecule has 0 radical (unpaired) electrons. The zero-order chi connectivity index (χ0) is 20.2. The van der Waals surface area contributed by atoms with Crippen LogP contribution in [0.1, 0.15) is 29.6 Å². The average Bonchev–Trinajstić information content (AvgIpc) is 3.44. The number of anilines is 1. The molecule has 29 heavy (non-hydrogen) atoms. The fraction of sp³-hybridized carbons (Fsp3) is 0.238. The molecule has 2 atom stereocenters. The molecule has 3 aromatic rings. The van der Waals surface area contributed by atoms with Crippen LogP contribution in [0.5, 0.6) is 0 Å². The molecule has 2 aromatic heterocycles. The summed E-state index contributed by atoms with van der Waals surface area (Å²) in [6.07, 6.45) is 4.46. The third-order valence-electron chi connectivity index (χ3n) is 4.77. The number of amides is 1. The number of carbonyl (C=O) groups excluding carboxylic acids is 1. The van der Waals surface area contributed by atoms with E-state index in [1.54, 1.807) is 18.3 Å². The van der Waals surface area contributed by atoms with Crippen LogP contribution in [0, 0.1) is 0 Å². The quantitative estimate of drug-likeness (QED) is 0.326. The number of hydrogen-bond donors (Lipinski definition) is 1. The van der Waals surface area contributed by atoms with Gasteiger partial charge in [-0.1, -0.05) is 59.8 Å². The van der Waals surface area contributed by atoms with Crippen molar-refractivity contribution in [2.24, 2.45) is 0 Å². The first-order valence-electron chi connectivity index (χ1n) is 9.29. The smallest absolute Gasteiger partial charge is 0.234 e. The molecule has 6 nitrogen and oxygen atoms in total. The van der Waals surface area contributed by atoms with E-state index in [4.69, 9.17) is 11.6 Å². The summed E-state index contributed by atoms with van der Waals surface area (Å²) in [7, 11) is 0. The summed E-state index contributed by atoms with van der Waals surface area (Å²) >= 11 is 7.34. The van der Waals surface area contributed by atoms with Crippen molar-refractivity contribution < 1.29 is 4.79 Å². The fourth-order valence-corrected chi connectivity index (χ4v) is 4.25. The maximum atomic E-state index is 12.3. The minimum absolute atomic E-state index is 0.173. The number of thioether (sulfide) groups is 1. The number of rotatable bonds is 8. The van der Waals surface area contributed by atoms with Crippen LogP contribution in [0.2, 0.25) is 5.15 Å². The molecular formula is C21H20ClN5OS. The second kappa shape index (κ2) is 8.80. The number of nitrogens with zero attached hydrogens (tertiary/aromatic N) is 4. The summed E-state index contributed by atoms with van der Waals surface area (Å²) in [6, 6.07) is 13.9. The van der Waals surface area contributed by atoms with E-state index in [9.17, 15) is 4.79 Å². The van der Waals surface area contributed by atoms with Gasteiger partial charge in [0.25, 0.3) is 0 Å². The van der Waals surface area contributed by atoms with Gasteiger partial charge in [-0.3, -0.25) is 4.79 Å². The SMILES string of the molecule is C=CCn1c(SCC(=O)Nc2cccnc2Cl)nnc1C1CC1c1ccccc1. The second-order valence-electron chi connectivity index (χ2n) is 6.78. The Labute approximate surface area is 178 Å². The Bertz CT molecular complexity index is 1020. The van der Waals surface area contributed by atoms with Crippen molar-refractivity contribution >= 4 is 35.0 Å². The van der Waals surface area contributed by atoms with Crippen molar-refractivity contribution in [1.82, 2.24) is 19.7 Å². The Hall–Kier alpha value is -2.64. The van der Waals surface area contributed by atoms with Gasteiger partial charge in [0.15, 0.2) is 10.3 Å². The van der Waals surface area contributed by atoms with E-state index in [2.05, 4.69) is 55.9 Å². The van der Waals surface area contributed by atoms with Crippen molar-refractivity contribution in [3.63, 3.8) is 0 Å². The normalized spacial score (nSPS) is 17.7. The van der Waals surface area contributed by atoms with Gasteiger partial charge in [0.1, 0.15) is 5.82 Å². The van der Waals surface area contributed by atoms with Crippen molar-refractivity contribution in [1.29, 1.82) is 0 Å². The average molecular weight is 426 g/mol. The maximum absolute atomic E-state index is 12.3. The lowest BCUT2D eigenvalue weighted by Crippen LogP contribution is -2.15. The lowest BCUT2D eigenvalue weighted by Gasteiger charge is -2.08. The second-order valence-corrected chi connectivity index (χ2v) is 8.08. The van der Waals surface area contributed by atoms with Crippen LogP contribution in [0.15, 0.2) is 66.5 Å². The first-order valence-corrected chi connectivity index (χ1v) is 10.7. The topological polar surface area (TPSA) is 72.7 Å². The minimum Gasteiger partial charge on any atom is -0.323 e. The highest BCUT2D eigenvalue weighted by Crippen LogP contribution is 2.54. The van der Waals surface area contributed by atoms with E-state index >= 15 is 0 Å². The predicted molar refractivity (Wildman–Crippen MR) is 115 cm³/mol. The van der Waals surface area contributed by atoms with Gasteiger partial charge in [-0.05, 0) is 30.0 Å².